The maximum absolute atomic E-state index is 12.7. The van der Waals surface area contributed by atoms with Gasteiger partial charge in [-0.05, 0) is 132 Å². The minimum atomic E-state index is -0.161. The Labute approximate surface area is 337 Å². The number of hydrogen-bond acceptors (Lipinski definition) is 4. The van der Waals surface area contributed by atoms with E-state index < -0.39 is 0 Å². The Kier molecular flexibility index (Phi) is 28.9. The summed E-state index contributed by atoms with van der Waals surface area (Å²) in [6.45, 7) is 17.4. The molecule has 0 aromatic heterocycles. The Morgan fingerprint density at radius 1 is 0.436 bits per heavy atom. The molecule has 55 heavy (non-hydrogen) atoms. The quantitative estimate of drug-likeness (QED) is 0.0535. The average molecular weight is 763 g/mol. The van der Waals surface area contributed by atoms with Crippen LogP contribution in [0, 0.1) is 0 Å². The van der Waals surface area contributed by atoms with E-state index in [0.717, 1.165) is 61.3 Å². The number of carbonyl (C=O) groups is 2. The third-order valence-electron chi connectivity index (χ3n) is 10.5. The summed E-state index contributed by atoms with van der Waals surface area (Å²) in [6, 6.07) is 15.7. The summed E-state index contributed by atoms with van der Waals surface area (Å²) in [5, 5.41) is 12.1. The smallest absolute Gasteiger partial charge is 0.319 e. The highest BCUT2D eigenvalue weighted by Gasteiger charge is 2.09. The van der Waals surface area contributed by atoms with Crippen LogP contribution in [0.4, 0.5) is 21.0 Å². The van der Waals surface area contributed by atoms with Gasteiger partial charge in [-0.3, -0.25) is 0 Å². The van der Waals surface area contributed by atoms with Crippen molar-refractivity contribution in [1.82, 2.24) is 20.4 Å². The minimum absolute atomic E-state index is 0.161. The lowest BCUT2D eigenvalue weighted by Gasteiger charge is -2.22. The van der Waals surface area contributed by atoms with Crippen LogP contribution < -0.4 is 21.3 Å². The number of benzene rings is 2. The van der Waals surface area contributed by atoms with Crippen molar-refractivity contribution in [3.05, 3.63) is 59.7 Å². The van der Waals surface area contributed by atoms with E-state index in [-0.39, 0.29) is 12.1 Å². The van der Waals surface area contributed by atoms with Crippen molar-refractivity contribution >= 4 is 23.4 Å². The van der Waals surface area contributed by atoms with Crippen LogP contribution in [0.1, 0.15) is 167 Å². The van der Waals surface area contributed by atoms with E-state index in [1.54, 1.807) is 0 Å². The summed E-state index contributed by atoms with van der Waals surface area (Å²) in [7, 11) is 0. The first-order valence-corrected chi connectivity index (χ1v) is 22.7. The van der Waals surface area contributed by atoms with Crippen molar-refractivity contribution in [2.24, 2.45) is 0 Å². The maximum atomic E-state index is 12.7. The molecule has 0 saturated carbocycles. The van der Waals surface area contributed by atoms with Gasteiger partial charge in [-0.2, -0.15) is 0 Å². The van der Waals surface area contributed by atoms with Crippen molar-refractivity contribution in [1.29, 1.82) is 0 Å². The van der Waals surface area contributed by atoms with Crippen LogP contribution in [0.5, 0.6) is 0 Å². The van der Waals surface area contributed by atoms with Crippen LogP contribution in [-0.4, -0.2) is 74.2 Å². The normalized spacial score (nSPS) is 11.3. The lowest BCUT2D eigenvalue weighted by Crippen LogP contribution is -2.31. The average Bonchev–Trinajstić information content (AvgIpc) is 3.18. The first-order chi connectivity index (χ1) is 27.0. The molecule has 0 spiro atoms. The van der Waals surface area contributed by atoms with Gasteiger partial charge >= 0.3 is 12.1 Å². The maximum Gasteiger partial charge on any atom is 0.319 e. The van der Waals surface area contributed by atoms with Gasteiger partial charge in [0.1, 0.15) is 0 Å². The van der Waals surface area contributed by atoms with Gasteiger partial charge in [0.25, 0.3) is 0 Å². The fraction of sp³-hybridized carbons (Fsp3) is 0.702. The molecule has 0 radical (unpaired) electrons. The van der Waals surface area contributed by atoms with E-state index in [0.29, 0.717) is 19.5 Å². The fourth-order valence-corrected chi connectivity index (χ4v) is 7.09. The zero-order valence-corrected chi connectivity index (χ0v) is 35.8. The van der Waals surface area contributed by atoms with Gasteiger partial charge in [0.15, 0.2) is 0 Å². The van der Waals surface area contributed by atoms with Crippen molar-refractivity contribution in [2.45, 2.75) is 163 Å². The molecule has 2 aromatic rings. The number of hydrogen-bond donors (Lipinski definition) is 4. The predicted molar refractivity (Wildman–Crippen MR) is 238 cm³/mol. The van der Waals surface area contributed by atoms with E-state index >= 15 is 0 Å². The second kappa shape index (κ2) is 33.1. The molecular weight excluding hydrogens is 681 g/mol. The van der Waals surface area contributed by atoms with E-state index in [9.17, 15) is 9.59 Å². The SMILES string of the molecule is CCCCCCCCN(CCCC)CCCCNC(=O)Nc1cccc(Cc2cccc(NC(=O)NCCCCN(CCCC)CCCCCCCC)c2)c1. The molecule has 0 unspecified atom stereocenters. The molecule has 4 amide bonds. The third-order valence-corrected chi connectivity index (χ3v) is 10.5. The molecule has 0 saturated heterocycles. The number of urea groups is 2. The highest BCUT2D eigenvalue weighted by molar-refractivity contribution is 5.89. The first-order valence-electron chi connectivity index (χ1n) is 22.7. The van der Waals surface area contributed by atoms with Gasteiger partial charge < -0.3 is 31.1 Å². The monoisotopic (exact) mass is 763 g/mol. The summed E-state index contributed by atoms with van der Waals surface area (Å²) < 4.78 is 0. The van der Waals surface area contributed by atoms with E-state index in [4.69, 9.17) is 0 Å². The zero-order chi connectivity index (χ0) is 39.6. The third kappa shape index (κ3) is 25.6. The Bertz CT molecular complexity index is 1150. The van der Waals surface area contributed by atoms with Crippen molar-refractivity contribution in [3.63, 3.8) is 0 Å². The van der Waals surface area contributed by atoms with Gasteiger partial charge in [0.2, 0.25) is 0 Å². The predicted octanol–water partition coefficient (Wildman–Crippen LogP) is 12.0. The van der Waals surface area contributed by atoms with Crippen LogP contribution in [0.15, 0.2) is 48.5 Å². The number of anilines is 2. The van der Waals surface area contributed by atoms with Crippen molar-refractivity contribution in [3.8, 4) is 0 Å². The molecule has 0 fully saturated rings. The summed E-state index contributed by atoms with van der Waals surface area (Å²) in [6.07, 6.45) is 25.9. The van der Waals surface area contributed by atoms with Crippen molar-refractivity contribution in [2.75, 3.05) is 63.0 Å². The first kappa shape index (κ1) is 48.0. The Morgan fingerprint density at radius 3 is 1.18 bits per heavy atom. The second-order valence-corrected chi connectivity index (χ2v) is 15.7. The zero-order valence-electron chi connectivity index (χ0n) is 35.8. The lowest BCUT2D eigenvalue weighted by molar-refractivity contribution is 0.248. The van der Waals surface area contributed by atoms with Crippen LogP contribution in [-0.2, 0) is 6.42 Å². The Morgan fingerprint density at radius 2 is 0.782 bits per heavy atom. The Balaban J connectivity index is 1.68. The van der Waals surface area contributed by atoms with Crippen LogP contribution in [0.2, 0.25) is 0 Å². The molecule has 0 bridgehead atoms. The topological polar surface area (TPSA) is 88.7 Å². The number of unbranched alkanes of at least 4 members (excludes halogenated alkanes) is 14. The molecule has 2 aromatic carbocycles. The molecule has 2 rings (SSSR count). The van der Waals surface area contributed by atoms with Crippen LogP contribution >= 0.6 is 0 Å². The number of amides is 4. The molecule has 0 heterocycles. The highest BCUT2D eigenvalue weighted by Crippen LogP contribution is 2.18. The van der Waals surface area contributed by atoms with Gasteiger partial charge in [0, 0.05) is 24.5 Å². The van der Waals surface area contributed by atoms with E-state index in [1.165, 1.54) is 129 Å². The Hall–Kier alpha value is -3.10. The van der Waals surface area contributed by atoms with E-state index in [2.05, 4.69) is 70.9 Å². The number of nitrogens with one attached hydrogen (secondary N) is 4. The van der Waals surface area contributed by atoms with Gasteiger partial charge in [-0.25, -0.2) is 9.59 Å². The standard InChI is InChI=1S/C47H82N6O2/c1-5-9-13-15-17-21-35-52(33-11-7-3)37-23-19-31-48-46(54)50-44-29-25-27-42(40-44)39-43-28-26-30-45(41-43)51-47(55)49-32-20-24-38-53(34-12-8-4)36-22-18-16-14-10-6-2/h25-30,40-41H,5-24,31-39H2,1-4H3,(H2,48,50,54)(H2,49,51,55). The summed E-state index contributed by atoms with van der Waals surface area (Å²) in [4.78, 5) is 30.6. The largest absolute Gasteiger partial charge is 0.338 e. The van der Waals surface area contributed by atoms with Crippen LogP contribution in [0.25, 0.3) is 0 Å². The second-order valence-electron chi connectivity index (χ2n) is 15.7. The summed E-state index contributed by atoms with van der Waals surface area (Å²) >= 11 is 0. The van der Waals surface area contributed by atoms with Crippen LogP contribution in [0.3, 0.4) is 0 Å². The van der Waals surface area contributed by atoms with Gasteiger partial charge in [-0.15, -0.1) is 0 Å². The van der Waals surface area contributed by atoms with Gasteiger partial charge in [-0.1, -0.05) is 129 Å². The molecular formula is C47H82N6O2. The number of nitrogens with zero attached hydrogens (tertiary/aromatic N) is 2. The molecule has 8 nitrogen and oxygen atoms in total. The number of carbonyl (C=O) groups excluding carboxylic acids is 2. The molecule has 0 atom stereocenters. The molecule has 0 aliphatic heterocycles. The molecule has 312 valence electrons. The minimum Gasteiger partial charge on any atom is -0.338 e. The summed E-state index contributed by atoms with van der Waals surface area (Å²) in [5.74, 6) is 0. The summed E-state index contributed by atoms with van der Waals surface area (Å²) in [5.41, 5.74) is 3.76. The fourth-order valence-electron chi connectivity index (χ4n) is 7.09. The van der Waals surface area contributed by atoms with E-state index in [1.807, 2.05) is 36.4 Å². The van der Waals surface area contributed by atoms with Gasteiger partial charge in [0.05, 0.1) is 0 Å². The van der Waals surface area contributed by atoms with Crippen molar-refractivity contribution < 1.29 is 9.59 Å². The molecule has 8 heteroatoms. The highest BCUT2D eigenvalue weighted by atomic mass is 16.2. The lowest BCUT2D eigenvalue weighted by atomic mass is 10.0. The molecule has 0 aliphatic carbocycles. The molecule has 0 aliphatic rings. The molecule has 4 N–H and O–H groups in total. The number of rotatable bonds is 34.